The average molecular weight is 346 g/mol. The summed E-state index contributed by atoms with van der Waals surface area (Å²) >= 11 is 1.55. The van der Waals surface area contributed by atoms with Crippen LogP contribution in [0, 0.1) is 0 Å². The number of hydrogen-bond acceptors (Lipinski definition) is 4. The lowest BCUT2D eigenvalue weighted by Crippen LogP contribution is -2.08. The van der Waals surface area contributed by atoms with E-state index in [-0.39, 0.29) is 0 Å². The van der Waals surface area contributed by atoms with Gasteiger partial charge in [0.25, 0.3) is 0 Å². The predicted octanol–water partition coefficient (Wildman–Crippen LogP) is 5.11. The third-order valence-corrected chi connectivity index (χ3v) is 4.84. The van der Waals surface area contributed by atoms with Crippen LogP contribution in [0.5, 0.6) is 0 Å². The molecule has 1 N–H and O–H groups in total. The third-order valence-electron chi connectivity index (χ3n) is 4.09. The van der Waals surface area contributed by atoms with Crippen LogP contribution in [-0.2, 0) is 0 Å². The number of H-pyrrole nitrogens is 1. The Bertz CT molecular complexity index is 1030. The van der Waals surface area contributed by atoms with E-state index < -0.39 is 0 Å². The predicted molar refractivity (Wildman–Crippen MR) is 107 cm³/mol. The Labute approximate surface area is 150 Å². The van der Waals surface area contributed by atoms with Crippen LogP contribution in [-0.4, -0.2) is 30.3 Å². The van der Waals surface area contributed by atoms with Crippen molar-refractivity contribution in [3.63, 3.8) is 0 Å². The van der Waals surface area contributed by atoms with E-state index >= 15 is 0 Å². The summed E-state index contributed by atoms with van der Waals surface area (Å²) in [7, 11) is 4.07. The SMILES string of the molecule is CN(C)c1ccc(/C=N/c2nc(-c3c[nH]c4ccccc34)cs2)cc1. The van der Waals surface area contributed by atoms with E-state index in [1.54, 1.807) is 11.3 Å². The minimum absolute atomic E-state index is 0.761. The fraction of sp³-hybridized carbons (Fsp3) is 0.100. The number of aromatic amines is 1. The van der Waals surface area contributed by atoms with Crippen molar-refractivity contribution in [3.05, 3.63) is 65.7 Å². The molecule has 0 radical (unpaired) electrons. The Balaban J connectivity index is 1.57. The summed E-state index contributed by atoms with van der Waals surface area (Å²) in [6, 6.07) is 16.5. The van der Waals surface area contributed by atoms with Gasteiger partial charge in [-0.1, -0.05) is 30.3 Å². The molecule has 2 aromatic heterocycles. The van der Waals surface area contributed by atoms with E-state index in [1.165, 1.54) is 11.1 Å². The molecule has 124 valence electrons. The summed E-state index contributed by atoms with van der Waals surface area (Å²) in [5.74, 6) is 0. The van der Waals surface area contributed by atoms with Crippen LogP contribution in [0.15, 0.2) is 65.1 Å². The Hall–Kier alpha value is -2.92. The summed E-state index contributed by atoms with van der Waals surface area (Å²) in [5, 5.41) is 4.00. The first-order chi connectivity index (χ1) is 12.2. The van der Waals surface area contributed by atoms with Crippen molar-refractivity contribution in [2.45, 2.75) is 0 Å². The second kappa shape index (κ2) is 6.53. The number of para-hydroxylation sites is 1. The van der Waals surface area contributed by atoms with Gasteiger partial charge >= 0.3 is 0 Å². The number of nitrogens with zero attached hydrogens (tertiary/aromatic N) is 3. The van der Waals surface area contributed by atoms with Gasteiger partial charge < -0.3 is 9.88 Å². The van der Waals surface area contributed by atoms with E-state index in [2.05, 4.69) is 61.6 Å². The molecule has 0 aliphatic rings. The average Bonchev–Trinajstić information content (AvgIpc) is 3.27. The zero-order valence-electron chi connectivity index (χ0n) is 14.1. The van der Waals surface area contributed by atoms with E-state index in [0.717, 1.165) is 27.5 Å². The highest BCUT2D eigenvalue weighted by Crippen LogP contribution is 2.31. The molecule has 0 spiro atoms. The maximum absolute atomic E-state index is 4.66. The maximum Gasteiger partial charge on any atom is 0.209 e. The molecule has 25 heavy (non-hydrogen) atoms. The molecule has 0 atom stereocenters. The summed E-state index contributed by atoms with van der Waals surface area (Å²) in [6.07, 6.45) is 3.87. The smallest absolute Gasteiger partial charge is 0.209 e. The molecule has 0 bridgehead atoms. The molecule has 2 heterocycles. The van der Waals surface area contributed by atoms with Gasteiger partial charge in [-0.25, -0.2) is 9.98 Å². The molecule has 0 saturated heterocycles. The second-order valence-electron chi connectivity index (χ2n) is 6.01. The molecule has 0 amide bonds. The first-order valence-electron chi connectivity index (χ1n) is 8.04. The lowest BCUT2D eigenvalue weighted by atomic mass is 10.1. The molecular formula is C20H18N4S. The zero-order chi connectivity index (χ0) is 17.2. The number of rotatable bonds is 4. The number of anilines is 1. The summed E-state index contributed by atoms with van der Waals surface area (Å²) in [5.41, 5.74) is 5.43. The number of fused-ring (bicyclic) bond motifs is 1. The number of thiazole rings is 1. The fourth-order valence-electron chi connectivity index (χ4n) is 2.72. The van der Waals surface area contributed by atoms with Gasteiger partial charge in [-0.15, -0.1) is 11.3 Å². The van der Waals surface area contributed by atoms with Crippen LogP contribution >= 0.6 is 11.3 Å². The molecule has 4 aromatic rings. The van der Waals surface area contributed by atoms with Crippen molar-refractivity contribution in [2.24, 2.45) is 4.99 Å². The largest absolute Gasteiger partial charge is 0.378 e. The summed E-state index contributed by atoms with van der Waals surface area (Å²) < 4.78 is 0. The topological polar surface area (TPSA) is 44.3 Å². The van der Waals surface area contributed by atoms with Crippen LogP contribution in [0.25, 0.3) is 22.2 Å². The van der Waals surface area contributed by atoms with Crippen LogP contribution in [0.3, 0.4) is 0 Å². The highest BCUT2D eigenvalue weighted by Gasteiger charge is 2.09. The number of hydrogen-bond donors (Lipinski definition) is 1. The van der Waals surface area contributed by atoms with E-state index in [4.69, 9.17) is 0 Å². The quantitative estimate of drug-likeness (QED) is 0.522. The molecule has 0 unspecified atom stereocenters. The number of benzene rings is 2. The van der Waals surface area contributed by atoms with Crippen molar-refractivity contribution >= 4 is 39.3 Å². The van der Waals surface area contributed by atoms with Crippen LogP contribution in [0.1, 0.15) is 5.56 Å². The maximum atomic E-state index is 4.66. The molecule has 0 fully saturated rings. The normalized spacial score (nSPS) is 11.4. The van der Waals surface area contributed by atoms with Crippen LogP contribution in [0.2, 0.25) is 0 Å². The lowest BCUT2D eigenvalue weighted by molar-refractivity contribution is 1.13. The van der Waals surface area contributed by atoms with Crippen molar-refractivity contribution in [1.82, 2.24) is 9.97 Å². The van der Waals surface area contributed by atoms with Gasteiger partial charge in [-0.05, 0) is 23.8 Å². The van der Waals surface area contributed by atoms with Gasteiger partial charge in [0.15, 0.2) is 0 Å². The Morgan fingerprint density at radius 2 is 1.88 bits per heavy atom. The zero-order valence-corrected chi connectivity index (χ0v) is 14.9. The third kappa shape index (κ3) is 3.19. The van der Waals surface area contributed by atoms with Gasteiger partial charge in [0.05, 0.1) is 5.69 Å². The monoisotopic (exact) mass is 346 g/mol. The van der Waals surface area contributed by atoms with Gasteiger partial charge in [-0.3, -0.25) is 0 Å². The highest BCUT2D eigenvalue weighted by molar-refractivity contribution is 7.13. The molecular weight excluding hydrogens is 328 g/mol. The van der Waals surface area contributed by atoms with Crippen LogP contribution in [0.4, 0.5) is 10.8 Å². The molecule has 5 heteroatoms. The Morgan fingerprint density at radius 3 is 2.68 bits per heavy atom. The fourth-order valence-corrected chi connectivity index (χ4v) is 3.38. The molecule has 2 aromatic carbocycles. The minimum Gasteiger partial charge on any atom is -0.378 e. The summed E-state index contributed by atoms with van der Waals surface area (Å²) in [4.78, 5) is 14.5. The Kier molecular flexibility index (Phi) is 4.07. The minimum atomic E-state index is 0.761. The molecule has 0 aliphatic carbocycles. The van der Waals surface area contributed by atoms with Crippen molar-refractivity contribution < 1.29 is 0 Å². The number of nitrogens with one attached hydrogen (secondary N) is 1. The van der Waals surface area contributed by atoms with Crippen molar-refractivity contribution in [2.75, 3.05) is 19.0 Å². The highest BCUT2D eigenvalue weighted by atomic mass is 32.1. The Morgan fingerprint density at radius 1 is 1.08 bits per heavy atom. The molecule has 4 rings (SSSR count). The molecule has 0 aliphatic heterocycles. The molecule has 4 nitrogen and oxygen atoms in total. The number of aromatic nitrogens is 2. The number of aliphatic imine (C=N–C) groups is 1. The van der Waals surface area contributed by atoms with Gasteiger partial charge in [0.2, 0.25) is 5.13 Å². The van der Waals surface area contributed by atoms with Crippen molar-refractivity contribution in [1.29, 1.82) is 0 Å². The van der Waals surface area contributed by atoms with Crippen molar-refractivity contribution in [3.8, 4) is 11.3 Å². The first-order valence-corrected chi connectivity index (χ1v) is 8.92. The lowest BCUT2D eigenvalue weighted by Gasteiger charge is -2.11. The van der Waals surface area contributed by atoms with E-state index in [1.807, 2.05) is 38.6 Å². The van der Waals surface area contributed by atoms with Gasteiger partial charge in [0.1, 0.15) is 0 Å². The summed E-state index contributed by atoms with van der Waals surface area (Å²) in [6.45, 7) is 0. The van der Waals surface area contributed by atoms with Gasteiger partial charge in [-0.2, -0.15) is 0 Å². The standard InChI is InChI=1S/C20H18N4S/c1-24(2)15-9-7-14(8-10-15)11-22-20-23-19(13-25-20)17-12-21-18-6-4-3-5-16(17)18/h3-13,21H,1-2H3/b22-11+. The van der Waals surface area contributed by atoms with E-state index in [9.17, 15) is 0 Å². The van der Waals surface area contributed by atoms with Crippen LogP contribution < -0.4 is 4.90 Å². The first kappa shape index (κ1) is 15.6. The molecule has 0 saturated carbocycles. The van der Waals surface area contributed by atoms with Gasteiger partial charge in [0, 0.05) is 54.0 Å². The van der Waals surface area contributed by atoms with E-state index in [0.29, 0.717) is 0 Å². The second-order valence-corrected chi connectivity index (χ2v) is 6.84.